The summed E-state index contributed by atoms with van der Waals surface area (Å²) < 4.78 is 0. The average molecular weight is 811 g/mol. The molecule has 0 N–H and O–H groups in total. The number of aryl methyl sites for hydroxylation is 1. The topological polar surface area (TPSA) is 113 Å². The van der Waals surface area contributed by atoms with Gasteiger partial charge in [-0.1, -0.05) is 78.9 Å². The van der Waals surface area contributed by atoms with E-state index in [9.17, 15) is 14.9 Å². The van der Waals surface area contributed by atoms with Crippen molar-refractivity contribution < 1.29 is 9.59 Å². The number of carbonyl (C=O) groups is 2. The summed E-state index contributed by atoms with van der Waals surface area (Å²) in [4.78, 5) is 38.5. The van der Waals surface area contributed by atoms with Crippen LogP contribution in [0.15, 0.2) is 112 Å². The lowest BCUT2D eigenvalue weighted by atomic mass is 9.96. The van der Waals surface area contributed by atoms with Crippen molar-refractivity contribution in [1.29, 1.82) is 10.5 Å². The molecule has 4 aliphatic heterocycles. The fraction of sp³-hybridized carbons (Fsp3) is 0.265. The molecule has 0 spiro atoms. The largest absolute Gasteiger partial charge is 0.369 e. The molecule has 8 nitrogen and oxygen atoms in total. The standard InChI is InChI=1S/C28H26N2OS.C19H13N3OS.C2H3N/c31-28-23(10-5-4-9-19-7-2-1-3-8-19)26-21-13-14-24(30-15-17-32-18-16-30)20-11-6-12-22(25(20)21)27(26)29-28;20-10-14-17-12-4-5-15(22-6-8-24-9-7-22)11-2-1-3-13(16(11)12)18(17)21-19(14)23;1-2-3/h1-3,6-8,11-14H,4-5,9-10,15-18H2;1-5H,6-9H2;1H3. The molecule has 0 unspecified atom stereocenters. The monoisotopic (exact) mass is 810 g/mol. The number of nitrogens with zero attached hydrogens (tertiary/aromatic N) is 6. The van der Waals surface area contributed by atoms with Gasteiger partial charge in [-0.2, -0.15) is 34.0 Å². The van der Waals surface area contributed by atoms with Crippen molar-refractivity contribution in [3.63, 3.8) is 0 Å². The molecule has 4 heterocycles. The third-order valence-electron chi connectivity index (χ3n) is 11.8. The number of amides is 2. The van der Waals surface area contributed by atoms with E-state index in [-0.39, 0.29) is 11.5 Å². The van der Waals surface area contributed by atoms with Crippen LogP contribution in [0.5, 0.6) is 0 Å². The lowest BCUT2D eigenvalue weighted by Gasteiger charge is -2.29. The Hall–Kier alpha value is -5.94. The van der Waals surface area contributed by atoms with E-state index in [1.807, 2.05) is 41.7 Å². The SMILES string of the molecule is CC#N.N#CC1=C2C(=NC1=O)c1cccc3c(N4CCSCC4)ccc2c13.O=C1N=C2C(=C1CCCCc1ccccc1)c1ccc(N3CCSCC3)c3cccc2c13. The first kappa shape index (κ1) is 38.6. The predicted octanol–water partition coefficient (Wildman–Crippen LogP) is 9.45. The highest BCUT2D eigenvalue weighted by Gasteiger charge is 2.37. The summed E-state index contributed by atoms with van der Waals surface area (Å²) in [7, 11) is 0. The Bertz CT molecular complexity index is 2760. The first-order chi connectivity index (χ1) is 29.0. The highest BCUT2D eigenvalue weighted by molar-refractivity contribution is 7.99. The highest BCUT2D eigenvalue weighted by Crippen LogP contribution is 2.47. The van der Waals surface area contributed by atoms with Crippen LogP contribution in [0.1, 0.15) is 54.0 Å². The van der Waals surface area contributed by atoms with Gasteiger partial charge in [0.1, 0.15) is 11.6 Å². The van der Waals surface area contributed by atoms with Crippen LogP contribution >= 0.6 is 23.5 Å². The minimum atomic E-state index is -0.415. The van der Waals surface area contributed by atoms with Gasteiger partial charge >= 0.3 is 0 Å². The molecule has 6 aliphatic rings. The number of rotatable bonds is 7. The van der Waals surface area contributed by atoms with E-state index in [0.29, 0.717) is 5.71 Å². The third-order valence-corrected chi connectivity index (χ3v) is 13.7. The smallest absolute Gasteiger partial charge is 0.288 e. The molecular formula is C49H42N6O2S2. The van der Waals surface area contributed by atoms with Crippen LogP contribution in [0.4, 0.5) is 11.4 Å². The second-order valence-corrected chi connectivity index (χ2v) is 17.5. The van der Waals surface area contributed by atoms with Gasteiger partial charge in [0, 0.05) is 117 Å². The summed E-state index contributed by atoms with van der Waals surface area (Å²) in [5, 5.41) is 21.6. The summed E-state index contributed by atoms with van der Waals surface area (Å²) >= 11 is 4.03. The zero-order valence-corrected chi connectivity index (χ0v) is 34.6. The van der Waals surface area contributed by atoms with Crippen molar-refractivity contribution in [1.82, 2.24) is 0 Å². The Morgan fingerprint density at radius 2 is 1.10 bits per heavy atom. The van der Waals surface area contributed by atoms with E-state index in [4.69, 9.17) is 5.26 Å². The number of hydrogen-bond acceptors (Lipinski definition) is 8. The van der Waals surface area contributed by atoms with E-state index in [2.05, 4.69) is 98.6 Å². The first-order valence-electron chi connectivity index (χ1n) is 20.3. The van der Waals surface area contributed by atoms with E-state index < -0.39 is 5.91 Å². The fourth-order valence-corrected chi connectivity index (χ4v) is 11.0. The van der Waals surface area contributed by atoms with Crippen LogP contribution in [-0.4, -0.2) is 72.4 Å². The Morgan fingerprint density at radius 3 is 1.66 bits per heavy atom. The molecule has 2 saturated heterocycles. The summed E-state index contributed by atoms with van der Waals surface area (Å²) in [6.07, 6.45) is 3.94. The van der Waals surface area contributed by atoms with Gasteiger partial charge in [0.05, 0.1) is 17.5 Å². The van der Waals surface area contributed by atoms with Gasteiger partial charge < -0.3 is 9.80 Å². The van der Waals surface area contributed by atoms with Gasteiger partial charge in [-0.25, -0.2) is 9.98 Å². The van der Waals surface area contributed by atoms with Gasteiger partial charge in [0.25, 0.3) is 11.8 Å². The molecule has 2 amide bonds. The van der Waals surface area contributed by atoms with Crippen LogP contribution < -0.4 is 9.80 Å². The van der Waals surface area contributed by atoms with Crippen molar-refractivity contribution in [2.45, 2.75) is 32.6 Å². The number of benzene rings is 5. The molecule has 59 heavy (non-hydrogen) atoms. The number of unbranched alkanes of at least 4 members (excludes halogenated alkanes) is 1. The molecule has 5 aromatic carbocycles. The zero-order valence-electron chi connectivity index (χ0n) is 33.0. The van der Waals surface area contributed by atoms with E-state index in [0.717, 1.165) is 108 Å². The molecule has 5 aromatic rings. The number of nitriles is 2. The number of fused-ring (bicyclic) bond motifs is 6. The first-order valence-corrected chi connectivity index (χ1v) is 22.6. The zero-order chi connectivity index (χ0) is 40.5. The number of aliphatic imine (C=N–C) groups is 2. The molecule has 292 valence electrons. The van der Waals surface area contributed by atoms with Crippen molar-refractivity contribution in [2.24, 2.45) is 9.98 Å². The second kappa shape index (κ2) is 16.7. The number of thioether (sulfide) groups is 2. The molecule has 11 rings (SSSR count). The van der Waals surface area contributed by atoms with Crippen molar-refractivity contribution in [3.8, 4) is 12.1 Å². The Labute approximate surface area is 353 Å². The summed E-state index contributed by atoms with van der Waals surface area (Å²) in [5.41, 5.74) is 12.7. The van der Waals surface area contributed by atoms with Gasteiger partial charge in [-0.3, -0.25) is 9.59 Å². The Balaban J connectivity index is 0.000000148. The fourth-order valence-electron chi connectivity index (χ4n) is 9.22. The van der Waals surface area contributed by atoms with Crippen molar-refractivity contribution in [3.05, 3.63) is 130 Å². The lowest BCUT2D eigenvalue weighted by Crippen LogP contribution is -2.32. The number of anilines is 2. The maximum absolute atomic E-state index is 12.8. The molecule has 0 atom stereocenters. The predicted molar refractivity (Wildman–Crippen MR) is 245 cm³/mol. The number of hydrogen-bond donors (Lipinski definition) is 0. The Morgan fingerprint density at radius 1 is 0.593 bits per heavy atom. The normalized spacial score (nSPS) is 17.2. The minimum absolute atomic E-state index is 0.0329. The van der Waals surface area contributed by atoms with Crippen LogP contribution in [0.25, 0.3) is 32.7 Å². The van der Waals surface area contributed by atoms with Crippen LogP contribution in [0.2, 0.25) is 0 Å². The molecule has 0 radical (unpaired) electrons. The molecule has 10 heteroatoms. The van der Waals surface area contributed by atoms with E-state index >= 15 is 0 Å². The molecule has 2 fully saturated rings. The summed E-state index contributed by atoms with van der Waals surface area (Å²) in [6.45, 7) is 5.72. The number of carbonyl (C=O) groups excluding carboxylic acids is 2. The van der Waals surface area contributed by atoms with Crippen LogP contribution in [0, 0.1) is 22.7 Å². The third kappa shape index (κ3) is 6.94. The van der Waals surface area contributed by atoms with Gasteiger partial charge in [-0.05, 0) is 54.5 Å². The van der Waals surface area contributed by atoms with Crippen LogP contribution in [0.3, 0.4) is 0 Å². The molecule has 0 saturated carbocycles. The summed E-state index contributed by atoms with van der Waals surface area (Å²) in [6, 6.07) is 35.7. The van der Waals surface area contributed by atoms with Crippen molar-refractivity contribution >= 4 is 90.8 Å². The maximum Gasteiger partial charge on any atom is 0.288 e. The summed E-state index contributed by atoms with van der Waals surface area (Å²) in [5.74, 6) is 4.21. The lowest BCUT2D eigenvalue weighted by molar-refractivity contribution is -0.114. The quantitative estimate of drug-likeness (QED) is 0.150. The molecule has 0 bridgehead atoms. The minimum Gasteiger partial charge on any atom is -0.369 e. The molecule has 2 aliphatic carbocycles. The van der Waals surface area contributed by atoms with Gasteiger partial charge in [0.15, 0.2) is 0 Å². The van der Waals surface area contributed by atoms with Crippen LogP contribution in [-0.2, 0) is 16.0 Å². The Kier molecular flexibility index (Phi) is 10.9. The second-order valence-electron chi connectivity index (χ2n) is 15.1. The molecule has 0 aromatic heterocycles. The number of allylic oxidation sites excluding steroid dienone is 2. The van der Waals surface area contributed by atoms with Gasteiger partial charge in [0.2, 0.25) is 0 Å². The van der Waals surface area contributed by atoms with Crippen molar-refractivity contribution in [2.75, 3.05) is 59.0 Å². The highest BCUT2D eigenvalue weighted by atomic mass is 32.2. The van der Waals surface area contributed by atoms with E-state index in [1.165, 1.54) is 57.1 Å². The van der Waals surface area contributed by atoms with E-state index in [1.54, 1.807) is 6.07 Å². The average Bonchev–Trinajstić information content (AvgIpc) is 3.98. The molecular weight excluding hydrogens is 769 g/mol. The maximum atomic E-state index is 12.8. The van der Waals surface area contributed by atoms with Gasteiger partial charge in [-0.15, -0.1) is 0 Å².